The second kappa shape index (κ2) is 5.85. The topological polar surface area (TPSA) is 44.5 Å². The van der Waals surface area contributed by atoms with Crippen molar-refractivity contribution >= 4 is 15.9 Å². The van der Waals surface area contributed by atoms with Gasteiger partial charge >= 0.3 is 0 Å². The van der Waals surface area contributed by atoms with Crippen LogP contribution in [-0.4, -0.2) is 25.9 Å². The van der Waals surface area contributed by atoms with Crippen molar-refractivity contribution < 1.29 is 9.47 Å². The van der Waals surface area contributed by atoms with Gasteiger partial charge in [-0.2, -0.15) is 0 Å². The summed E-state index contributed by atoms with van der Waals surface area (Å²) in [6, 6.07) is 5.81. The third-order valence-electron chi connectivity index (χ3n) is 3.11. The molecule has 0 fully saturated rings. The van der Waals surface area contributed by atoms with Gasteiger partial charge in [-0.1, -0.05) is 15.9 Å². The van der Waals surface area contributed by atoms with Gasteiger partial charge in [0.2, 0.25) is 0 Å². The van der Waals surface area contributed by atoms with Crippen molar-refractivity contribution in [2.45, 2.75) is 31.9 Å². The molecular weight excluding hydrogens is 282 g/mol. The zero-order chi connectivity index (χ0) is 13.1. The average molecular weight is 302 g/mol. The van der Waals surface area contributed by atoms with E-state index in [2.05, 4.69) is 15.9 Å². The average Bonchev–Trinajstić information content (AvgIpc) is 2.31. The Morgan fingerprint density at radius 3 is 2.53 bits per heavy atom. The Balaban J connectivity index is 2.87. The zero-order valence-electron chi connectivity index (χ0n) is 10.8. The molecule has 1 rings (SSSR count). The lowest BCUT2D eigenvalue weighted by Gasteiger charge is -2.30. The lowest BCUT2D eigenvalue weighted by Crippen LogP contribution is -2.46. The van der Waals surface area contributed by atoms with Gasteiger partial charge < -0.3 is 15.2 Å². The quantitative estimate of drug-likeness (QED) is 0.909. The number of nitrogens with two attached hydrogens (primary N) is 1. The number of halogens is 1. The summed E-state index contributed by atoms with van der Waals surface area (Å²) in [4.78, 5) is 0. The second-order valence-electron chi connectivity index (χ2n) is 4.58. The molecule has 3 nitrogen and oxygen atoms in total. The van der Waals surface area contributed by atoms with E-state index >= 15 is 0 Å². The Morgan fingerprint density at radius 1 is 1.35 bits per heavy atom. The summed E-state index contributed by atoms with van der Waals surface area (Å²) in [6.07, 6.45) is 0.735. The van der Waals surface area contributed by atoms with E-state index in [0.29, 0.717) is 0 Å². The van der Waals surface area contributed by atoms with Crippen LogP contribution in [-0.2, 0) is 11.2 Å². The van der Waals surface area contributed by atoms with Crippen LogP contribution in [0.1, 0.15) is 19.4 Å². The number of methoxy groups -OCH3 is 2. The second-order valence-corrected chi connectivity index (χ2v) is 5.43. The van der Waals surface area contributed by atoms with E-state index in [-0.39, 0.29) is 11.6 Å². The molecule has 1 aromatic carbocycles. The molecule has 0 aliphatic heterocycles. The first kappa shape index (κ1) is 14.5. The molecule has 0 spiro atoms. The van der Waals surface area contributed by atoms with Crippen LogP contribution >= 0.6 is 15.9 Å². The van der Waals surface area contributed by atoms with Crippen molar-refractivity contribution in [1.82, 2.24) is 0 Å². The molecule has 2 N–H and O–H groups in total. The van der Waals surface area contributed by atoms with E-state index < -0.39 is 0 Å². The van der Waals surface area contributed by atoms with E-state index in [0.717, 1.165) is 22.2 Å². The van der Waals surface area contributed by atoms with Crippen LogP contribution in [0.25, 0.3) is 0 Å². The molecule has 0 saturated carbocycles. The van der Waals surface area contributed by atoms with Gasteiger partial charge in [0.05, 0.1) is 12.7 Å². The number of benzene rings is 1. The predicted octanol–water partition coefficient (Wildman–Crippen LogP) is 2.75. The molecule has 1 aromatic rings. The maximum Gasteiger partial charge on any atom is 0.119 e. The zero-order valence-corrected chi connectivity index (χ0v) is 12.4. The fourth-order valence-electron chi connectivity index (χ4n) is 1.47. The van der Waals surface area contributed by atoms with E-state index in [1.54, 1.807) is 14.2 Å². The van der Waals surface area contributed by atoms with E-state index in [1.807, 2.05) is 32.0 Å². The molecule has 0 saturated heterocycles. The Kier molecular flexibility index (Phi) is 4.98. The van der Waals surface area contributed by atoms with Crippen molar-refractivity contribution in [3.63, 3.8) is 0 Å². The minimum absolute atomic E-state index is 0.0732. The molecule has 0 heterocycles. The summed E-state index contributed by atoms with van der Waals surface area (Å²) in [5, 5.41) is 0. The molecule has 0 bridgehead atoms. The molecule has 1 unspecified atom stereocenters. The molecule has 0 aromatic heterocycles. The van der Waals surface area contributed by atoms with Gasteiger partial charge in [0.1, 0.15) is 5.75 Å². The normalized spacial score (nSPS) is 13.5. The molecule has 0 aliphatic carbocycles. The smallest absolute Gasteiger partial charge is 0.119 e. The van der Waals surface area contributed by atoms with Crippen molar-refractivity contribution in [2.24, 2.45) is 5.73 Å². The van der Waals surface area contributed by atoms with Gasteiger partial charge in [0.25, 0.3) is 0 Å². The molecule has 0 aliphatic rings. The molecule has 4 heteroatoms. The SMILES string of the molecule is COc1ccc(Br)c(CC(N)C(C)(C)OC)c1. The number of rotatable bonds is 5. The Hall–Kier alpha value is -0.580. The van der Waals surface area contributed by atoms with Crippen LogP contribution in [0.15, 0.2) is 22.7 Å². The Morgan fingerprint density at radius 2 is 2.00 bits per heavy atom. The molecule has 0 amide bonds. The third kappa shape index (κ3) is 3.69. The van der Waals surface area contributed by atoms with E-state index in [9.17, 15) is 0 Å². The van der Waals surface area contributed by atoms with Crippen LogP contribution in [0.4, 0.5) is 0 Å². The largest absolute Gasteiger partial charge is 0.497 e. The lowest BCUT2D eigenvalue weighted by atomic mass is 9.93. The van der Waals surface area contributed by atoms with Gasteiger partial charge in [-0.05, 0) is 44.0 Å². The van der Waals surface area contributed by atoms with Crippen molar-refractivity contribution in [2.75, 3.05) is 14.2 Å². The summed E-state index contributed by atoms with van der Waals surface area (Å²) in [5.74, 6) is 0.839. The molecule has 96 valence electrons. The van der Waals surface area contributed by atoms with Crippen molar-refractivity contribution in [3.8, 4) is 5.75 Å². The summed E-state index contributed by atoms with van der Waals surface area (Å²) < 4.78 is 11.6. The highest BCUT2D eigenvalue weighted by atomic mass is 79.9. The van der Waals surface area contributed by atoms with Gasteiger partial charge in [-0.15, -0.1) is 0 Å². The maximum atomic E-state index is 6.17. The first-order valence-electron chi connectivity index (χ1n) is 5.54. The number of hydrogen-bond donors (Lipinski definition) is 1. The van der Waals surface area contributed by atoms with Crippen LogP contribution in [0.3, 0.4) is 0 Å². The van der Waals surface area contributed by atoms with Crippen LogP contribution < -0.4 is 10.5 Å². The highest BCUT2D eigenvalue weighted by Gasteiger charge is 2.26. The number of hydrogen-bond acceptors (Lipinski definition) is 3. The van der Waals surface area contributed by atoms with Gasteiger partial charge in [-0.25, -0.2) is 0 Å². The first-order valence-corrected chi connectivity index (χ1v) is 6.33. The van der Waals surface area contributed by atoms with Gasteiger partial charge in [0.15, 0.2) is 0 Å². The predicted molar refractivity (Wildman–Crippen MR) is 73.5 cm³/mol. The highest BCUT2D eigenvalue weighted by molar-refractivity contribution is 9.10. The Labute approximate surface area is 111 Å². The summed E-state index contributed by atoms with van der Waals surface area (Å²) in [5.41, 5.74) is 6.95. The van der Waals surface area contributed by atoms with Crippen LogP contribution in [0, 0.1) is 0 Å². The van der Waals surface area contributed by atoms with Crippen molar-refractivity contribution in [3.05, 3.63) is 28.2 Å². The minimum Gasteiger partial charge on any atom is -0.497 e. The summed E-state index contributed by atoms with van der Waals surface area (Å²) in [7, 11) is 3.34. The van der Waals surface area contributed by atoms with Crippen molar-refractivity contribution in [1.29, 1.82) is 0 Å². The maximum absolute atomic E-state index is 6.17. The lowest BCUT2D eigenvalue weighted by molar-refractivity contribution is 0.000759. The highest BCUT2D eigenvalue weighted by Crippen LogP contribution is 2.25. The van der Waals surface area contributed by atoms with E-state index in [1.165, 1.54) is 0 Å². The van der Waals surface area contributed by atoms with Crippen LogP contribution in [0.2, 0.25) is 0 Å². The third-order valence-corrected chi connectivity index (χ3v) is 3.89. The first-order chi connectivity index (χ1) is 7.90. The summed E-state index contributed by atoms with van der Waals surface area (Å²) in [6.45, 7) is 3.98. The van der Waals surface area contributed by atoms with Gasteiger partial charge in [-0.3, -0.25) is 0 Å². The monoisotopic (exact) mass is 301 g/mol. The molecule has 17 heavy (non-hydrogen) atoms. The fourth-order valence-corrected chi connectivity index (χ4v) is 1.88. The molecule has 0 radical (unpaired) electrons. The fraction of sp³-hybridized carbons (Fsp3) is 0.538. The standard InChI is InChI=1S/C13H20BrNO2/c1-13(2,17-4)12(15)8-9-7-10(16-3)5-6-11(9)14/h5-7,12H,8,15H2,1-4H3. The van der Waals surface area contributed by atoms with E-state index in [4.69, 9.17) is 15.2 Å². The van der Waals surface area contributed by atoms with Gasteiger partial charge in [0, 0.05) is 17.6 Å². The van der Waals surface area contributed by atoms with Crippen LogP contribution in [0.5, 0.6) is 5.75 Å². The Bertz CT molecular complexity index is 380. The number of ether oxygens (including phenoxy) is 2. The minimum atomic E-state index is -0.345. The molecule has 1 atom stereocenters. The summed E-state index contributed by atoms with van der Waals surface area (Å²) >= 11 is 3.52. The molecular formula is C13H20BrNO2.